The number of piperidine rings is 2. The van der Waals surface area contributed by atoms with Gasteiger partial charge in [0.05, 0.1) is 33.6 Å². The van der Waals surface area contributed by atoms with Crippen LogP contribution in [0.1, 0.15) is 65.8 Å². The van der Waals surface area contributed by atoms with Gasteiger partial charge in [-0.25, -0.2) is 13.6 Å². The lowest BCUT2D eigenvalue weighted by atomic mass is 9.95. The standard InChI is InChI=1S/C46H48F2N10O5/c1-27-25-57(28(2)24-56(27)37-7-5-30(23-49)42-32(37)4-3-13-50-42)46(63)51-31-6-8-38(35(47)20-31)54-14-11-29(12-15-54)26-53-16-18-55(19-17-53)40-22-34-33(21-36(40)48)44(61)58(45(34)62)39-9-10-41(59)52-43(39)60/h3-8,13,20-22,27-29,39H,9-12,14-19,24-26H2,1-2H3,(H,51,63)(H,52,59,60)/t27-,28+,39+/m0/s1. The van der Waals surface area contributed by atoms with Crippen LogP contribution in [0.2, 0.25) is 0 Å². The van der Waals surface area contributed by atoms with Crippen LogP contribution in [-0.2, 0) is 9.59 Å². The molecule has 3 atom stereocenters. The van der Waals surface area contributed by atoms with E-state index in [9.17, 15) is 29.2 Å². The van der Waals surface area contributed by atoms with E-state index in [2.05, 4.69) is 38.4 Å². The summed E-state index contributed by atoms with van der Waals surface area (Å²) >= 11 is 0. The normalized spacial score (nSPS) is 22.4. The maximum atomic E-state index is 15.7. The van der Waals surface area contributed by atoms with Crippen LogP contribution in [0.25, 0.3) is 10.9 Å². The molecule has 1 aromatic heterocycles. The molecular weight excluding hydrogens is 811 g/mol. The van der Waals surface area contributed by atoms with E-state index in [1.165, 1.54) is 12.1 Å². The third-order valence-corrected chi connectivity index (χ3v) is 13.3. The van der Waals surface area contributed by atoms with Crippen molar-refractivity contribution in [3.8, 4) is 6.07 Å². The first-order chi connectivity index (χ1) is 30.4. The number of rotatable bonds is 7. The van der Waals surface area contributed by atoms with Crippen molar-refractivity contribution in [3.63, 3.8) is 0 Å². The van der Waals surface area contributed by atoms with Crippen LogP contribution in [0, 0.1) is 28.9 Å². The molecule has 4 aromatic rings. The van der Waals surface area contributed by atoms with E-state index in [-0.39, 0.29) is 47.8 Å². The number of nitrogens with one attached hydrogen (secondary N) is 2. The Kier molecular flexibility index (Phi) is 11.2. The van der Waals surface area contributed by atoms with Crippen LogP contribution in [0.15, 0.2) is 60.8 Å². The summed E-state index contributed by atoms with van der Waals surface area (Å²) in [5.74, 6) is -3.21. The number of urea groups is 1. The number of fused-ring (bicyclic) bond motifs is 2. The molecule has 2 N–H and O–H groups in total. The van der Waals surface area contributed by atoms with E-state index in [0.29, 0.717) is 80.7 Å². The Morgan fingerprint density at radius 1 is 0.825 bits per heavy atom. The molecule has 5 aliphatic rings. The molecule has 4 saturated heterocycles. The first kappa shape index (κ1) is 41.7. The predicted molar refractivity (Wildman–Crippen MR) is 232 cm³/mol. The largest absolute Gasteiger partial charge is 0.369 e. The zero-order chi connectivity index (χ0) is 44.1. The number of carbonyl (C=O) groups is 5. The number of halogens is 2. The Morgan fingerprint density at radius 3 is 2.24 bits per heavy atom. The maximum Gasteiger partial charge on any atom is 0.322 e. The number of pyridine rings is 1. The van der Waals surface area contributed by atoms with E-state index in [4.69, 9.17) is 0 Å². The van der Waals surface area contributed by atoms with Gasteiger partial charge in [-0.3, -0.25) is 39.3 Å². The summed E-state index contributed by atoms with van der Waals surface area (Å²) in [6.07, 6.45) is 3.45. The highest BCUT2D eigenvalue weighted by atomic mass is 19.1. The van der Waals surface area contributed by atoms with Crippen molar-refractivity contribution in [2.45, 2.75) is 57.7 Å². The third-order valence-electron chi connectivity index (χ3n) is 13.3. The summed E-state index contributed by atoms with van der Waals surface area (Å²) in [6, 6.07) is 15.5. The van der Waals surface area contributed by atoms with Gasteiger partial charge in [-0.2, -0.15) is 5.26 Å². The van der Waals surface area contributed by atoms with Gasteiger partial charge < -0.3 is 24.9 Å². The van der Waals surface area contributed by atoms with Crippen molar-refractivity contribution >= 4 is 63.3 Å². The molecule has 0 unspecified atom stereocenters. The Labute approximate surface area is 363 Å². The van der Waals surface area contributed by atoms with Crippen molar-refractivity contribution in [1.82, 2.24) is 25.0 Å². The fraction of sp³-hybridized carbons (Fsp3) is 0.413. The fourth-order valence-electron chi connectivity index (χ4n) is 9.89. The minimum absolute atomic E-state index is 0.00239. The van der Waals surface area contributed by atoms with E-state index in [1.807, 2.05) is 34.9 Å². The van der Waals surface area contributed by atoms with Gasteiger partial charge in [0.25, 0.3) is 11.8 Å². The van der Waals surface area contributed by atoms with Gasteiger partial charge in [0, 0.05) is 100 Å². The summed E-state index contributed by atoms with van der Waals surface area (Å²) in [7, 11) is 0. The zero-order valence-corrected chi connectivity index (χ0v) is 35.2. The zero-order valence-electron chi connectivity index (χ0n) is 35.2. The van der Waals surface area contributed by atoms with Crippen molar-refractivity contribution < 1.29 is 32.8 Å². The molecule has 0 saturated carbocycles. The highest BCUT2D eigenvalue weighted by molar-refractivity contribution is 6.23. The molecule has 326 valence electrons. The number of hydrogen-bond donors (Lipinski definition) is 2. The molecule has 9 rings (SSSR count). The van der Waals surface area contributed by atoms with E-state index in [1.54, 1.807) is 29.3 Å². The Morgan fingerprint density at radius 2 is 1.52 bits per heavy atom. The number of anilines is 4. The highest BCUT2D eigenvalue weighted by Crippen LogP contribution is 2.35. The smallest absolute Gasteiger partial charge is 0.322 e. The first-order valence-corrected chi connectivity index (χ1v) is 21.6. The van der Waals surface area contributed by atoms with Crippen LogP contribution in [0.3, 0.4) is 0 Å². The molecule has 5 aliphatic heterocycles. The number of imide groups is 2. The quantitative estimate of drug-likeness (QED) is 0.242. The summed E-state index contributed by atoms with van der Waals surface area (Å²) in [5.41, 5.74) is 3.21. The van der Waals surface area contributed by atoms with Crippen LogP contribution in [-0.4, -0.2) is 126 Å². The van der Waals surface area contributed by atoms with Gasteiger partial charge in [0.15, 0.2) is 0 Å². The van der Waals surface area contributed by atoms with Crippen LogP contribution in [0.4, 0.5) is 36.3 Å². The van der Waals surface area contributed by atoms with Gasteiger partial charge in [0.2, 0.25) is 11.8 Å². The molecule has 6 heterocycles. The summed E-state index contributed by atoms with van der Waals surface area (Å²) in [4.78, 5) is 79.7. The first-order valence-electron chi connectivity index (χ1n) is 21.6. The number of amides is 6. The van der Waals surface area contributed by atoms with E-state index < -0.39 is 41.3 Å². The van der Waals surface area contributed by atoms with E-state index in [0.717, 1.165) is 41.4 Å². The molecule has 0 radical (unpaired) electrons. The monoisotopic (exact) mass is 858 g/mol. The van der Waals surface area contributed by atoms with E-state index >= 15 is 8.78 Å². The molecule has 17 heteroatoms. The molecule has 63 heavy (non-hydrogen) atoms. The number of nitrogens with zero attached hydrogens (tertiary/aromatic N) is 8. The van der Waals surface area contributed by atoms with Gasteiger partial charge in [-0.1, -0.05) is 0 Å². The SMILES string of the molecule is C[C@@H]1CN(c2ccc(C#N)c3ncccc23)[C@@H](C)CN1C(=O)Nc1ccc(N2CCC(CN3CCN(c4cc5c(cc4F)C(=O)N([C@@H]4CCC(=O)NC4=O)C5=O)CC3)CC2)c(F)c1. The van der Waals surface area contributed by atoms with Crippen molar-refractivity contribution in [2.24, 2.45) is 5.92 Å². The second-order valence-electron chi connectivity index (χ2n) is 17.3. The maximum absolute atomic E-state index is 15.7. The number of hydrogen-bond acceptors (Lipinski definition) is 11. The lowest BCUT2D eigenvalue weighted by Crippen LogP contribution is -2.59. The molecule has 15 nitrogen and oxygen atoms in total. The minimum atomic E-state index is -1.12. The summed E-state index contributed by atoms with van der Waals surface area (Å²) in [5, 5.41) is 15.6. The fourth-order valence-corrected chi connectivity index (χ4v) is 9.89. The second-order valence-corrected chi connectivity index (χ2v) is 17.3. The summed E-state index contributed by atoms with van der Waals surface area (Å²) < 4.78 is 31.1. The molecule has 6 amide bonds. The van der Waals surface area contributed by atoms with Crippen molar-refractivity contribution in [2.75, 3.05) is 78.9 Å². The average Bonchev–Trinajstić information content (AvgIpc) is 3.51. The highest BCUT2D eigenvalue weighted by Gasteiger charge is 2.45. The Balaban J connectivity index is 0.750. The molecule has 4 fully saturated rings. The Bertz CT molecular complexity index is 2570. The number of carbonyl (C=O) groups excluding carboxylic acids is 5. The average molecular weight is 859 g/mol. The van der Waals surface area contributed by atoms with Crippen LogP contribution in [0.5, 0.6) is 0 Å². The van der Waals surface area contributed by atoms with Crippen molar-refractivity contribution in [1.29, 1.82) is 5.26 Å². The second kappa shape index (κ2) is 16.9. The van der Waals surface area contributed by atoms with Crippen LogP contribution >= 0.6 is 0 Å². The molecule has 3 aromatic carbocycles. The molecular formula is C46H48F2N10O5. The minimum Gasteiger partial charge on any atom is -0.369 e. The Hall–Kier alpha value is -6.67. The number of aromatic nitrogens is 1. The van der Waals surface area contributed by atoms with Crippen molar-refractivity contribution in [3.05, 3.63) is 89.1 Å². The third kappa shape index (κ3) is 7.88. The van der Waals surface area contributed by atoms with Gasteiger partial charge in [-0.05, 0) is 93.6 Å². The lowest BCUT2D eigenvalue weighted by molar-refractivity contribution is -0.136. The topological polar surface area (TPSA) is 166 Å². The molecule has 0 aliphatic carbocycles. The van der Waals surface area contributed by atoms with Gasteiger partial charge in [-0.15, -0.1) is 0 Å². The predicted octanol–water partition coefficient (Wildman–Crippen LogP) is 4.96. The molecule has 0 spiro atoms. The number of nitriles is 1. The summed E-state index contributed by atoms with van der Waals surface area (Å²) in [6.45, 7) is 9.66. The van der Waals surface area contributed by atoms with Gasteiger partial charge >= 0.3 is 6.03 Å². The number of benzene rings is 3. The molecule has 0 bridgehead atoms. The lowest BCUT2D eigenvalue weighted by Gasteiger charge is -2.45. The van der Waals surface area contributed by atoms with Crippen LogP contribution < -0.4 is 25.3 Å². The van der Waals surface area contributed by atoms with Gasteiger partial charge in [0.1, 0.15) is 23.7 Å². The number of piperazine rings is 2.